The highest BCUT2D eigenvalue weighted by molar-refractivity contribution is 5.83. The summed E-state index contributed by atoms with van der Waals surface area (Å²) >= 11 is 0. The molecule has 1 rings (SSSR count). The Bertz CT molecular complexity index is 514. The number of hydrogen-bond donors (Lipinski definition) is 2. The number of carboxylic acid groups (broad SMARTS) is 1. The average Bonchev–Trinajstić information content (AvgIpc) is 2.83. The van der Waals surface area contributed by atoms with Gasteiger partial charge in [-0.1, -0.05) is 34.6 Å². The van der Waals surface area contributed by atoms with Crippen LogP contribution in [0.15, 0.2) is 10.6 Å². The van der Waals surface area contributed by atoms with E-state index in [1.54, 1.807) is 6.20 Å². The zero-order valence-electron chi connectivity index (χ0n) is 14.0. The summed E-state index contributed by atoms with van der Waals surface area (Å²) in [5.41, 5.74) is -0.126. The lowest BCUT2D eigenvalue weighted by molar-refractivity contribution is -0.142. The van der Waals surface area contributed by atoms with Crippen molar-refractivity contribution in [2.75, 3.05) is 0 Å². The number of carbonyl (C=O) groups excluding carboxylic acids is 1. The third kappa shape index (κ3) is 5.87. The molecule has 0 aliphatic heterocycles. The minimum atomic E-state index is -1.01. The number of aliphatic carboxylic acids is 1. The molecule has 1 amide bonds. The van der Waals surface area contributed by atoms with E-state index >= 15 is 0 Å². The maximum absolute atomic E-state index is 11.9. The fraction of sp³-hybridized carbons (Fsp3) is 0.688. The predicted molar refractivity (Wildman–Crippen MR) is 82.5 cm³/mol. The van der Waals surface area contributed by atoms with E-state index in [0.29, 0.717) is 18.7 Å². The first-order valence-electron chi connectivity index (χ1n) is 7.57. The van der Waals surface area contributed by atoms with Crippen molar-refractivity contribution in [3.63, 3.8) is 0 Å². The van der Waals surface area contributed by atoms with Gasteiger partial charge in [0, 0.05) is 18.3 Å². The summed E-state index contributed by atoms with van der Waals surface area (Å²) in [6.45, 7) is 9.90. The van der Waals surface area contributed by atoms with Gasteiger partial charge in [-0.05, 0) is 12.3 Å². The van der Waals surface area contributed by atoms with Crippen molar-refractivity contribution in [1.82, 2.24) is 10.3 Å². The zero-order chi connectivity index (χ0) is 16.9. The molecule has 0 aliphatic carbocycles. The van der Waals surface area contributed by atoms with E-state index in [1.165, 1.54) is 0 Å². The number of amides is 1. The second-order valence-electron chi connectivity index (χ2n) is 6.96. The molecule has 0 aromatic carbocycles. The van der Waals surface area contributed by atoms with Crippen LogP contribution in [0.4, 0.5) is 0 Å². The molecule has 1 aromatic heterocycles. The molecule has 0 unspecified atom stereocenters. The van der Waals surface area contributed by atoms with Crippen LogP contribution >= 0.6 is 0 Å². The summed E-state index contributed by atoms with van der Waals surface area (Å²) in [4.78, 5) is 27.1. The molecule has 124 valence electrons. The van der Waals surface area contributed by atoms with Crippen molar-refractivity contribution in [2.45, 2.75) is 65.3 Å². The Kier molecular flexibility index (Phi) is 6.14. The van der Waals surface area contributed by atoms with Crippen LogP contribution in [0.2, 0.25) is 0 Å². The fourth-order valence-electron chi connectivity index (χ4n) is 1.95. The van der Waals surface area contributed by atoms with E-state index < -0.39 is 12.0 Å². The van der Waals surface area contributed by atoms with E-state index in [-0.39, 0.29) is 23.7 Å². The van der Waals surface area contributed by atoms with Crippen LogP contribution in [0.25, 0.3) is 0 Å². The van der Waals surface area contributed by atoms with Crippen LogP contribution in [0, 0.1) is 5.92 Å². The summed E-state index contributed by atoms with van der Waals surface area (Å²) < 4.78 is 5.61. The zero-order valence-corrected chi connectivity index (χ0v) is 14.0. The van der Waals surface area contributed by atoms with Crippen LogP contribution in [-0.4, -0.2) is 28.0 Å². The van der Waals surface area contributed by atoms with E-state index in [1.807, 2.05) is 34.6 Å². The largest absolute Gasteiger partial charge is 0.480 e. The summed E-state index contributed by atoms with van der Waals surface area (Å²) in [6.07, 6.45) is 2.60. The summed E-state index contributed by atoms with van der Waals surface area (Å²) in [5, 5.41) is 11.7. The van der Waals surface area contributed by atoms with Gasteiger partial charge in [-0.25, -0.2) is 9.78 Å². The Morgan fingerprint density at radius 3 is 2.45 bits per heavy atom. The number of oxazole rings is 1. The van der Waals surface area contributed by atoms with Gasteiger partial charge >= 0.3 is 5.97 Å². The van der Waals surface area contributed by atoms with Gasteiger partial charge in [0.25, 0.3) is 0 Å². The molecule has 1 aromatic rings. The second kappa shape index (κ2) is 7.42. The first kappa shape index (κ1) is 18.2. The Labute approximate surface area is 131 Å². The Balaban J connectivity index is 2.51. The van der Waals surface area contributed by atoms with Crippen molar-refractivity contribution in [1.29, 1.82) is 0 Å². The van der Waals surface area contributed by atoms with Crippen molar-refractivity contribution < 1.29 is 19.1 Å². The van der Waals surface area contributed by atoms with Gasteiger partial charge < -0.3 is 14.8 Å². The molecular formula is C16H26N2O4. The maximum atomic E-state index is 11.9. The molecular weight excluding hydrogens is 284 g/mol. The van der Waals surface area contributed by atoms with Crippen LogP contribution in [-0.2, 0) is 21.4 Å². The fourth-order valence-corrected chi connectivity index (χ4v) is 1.95. The van der Waals surface area contributed by atoms with E-state index in [2.05, 4.69) is 10.3 Å². The van der Waals surface area contributed by atoms with Gasteiger partial charge in [0.05, 0.1) is 6.20 Å². The number of hydrogen-bond acceptors (Lipinski definition) is 4. The minimum absolute atomic E-state index is 0.126. The molecule has 6 heteroatoms. The lowest BCUT2D eigenvalue weighted by Crippen LogP contribution is -2.41. The quantitative estimate of drug-likeness (QED) is 0.807. The van der Waals surface area contributed by atoms with Gasteiger partial charge in [0.2, 0.25) is 5.91 Å². The van der Waals surface area contributed by atoms with Crippen LogP contribution < -0.4 is 5.32 Å². The normalized spacial score (nSPS) is 13.2. The van der Waals surface area contributed by atoms with E-state index in [9.17, 15) is 9.59 Å². The smallest absolute Gasteiger partial charge is 0.326 e. The first-order chi connectivity index (χ1) is 10.1. The Morgan fingerprint density at radius 2 is 2.00 bits per heavy atom. The molecule has 0 fully saturated rings. The Hall–Kier alpha value is -1.85. The van der Waals surface area contributed by atoms with E-state index in [0.717, 1.165) is 5.76 Å². The summed E-state index contributed by atoms with van der Waals surface area (Å²) in [7, 11) is 0. The molecule has 0 saturated carbocycles. The van der Waals surface area contributed by atoms with Gasteiger partial charge in [-0.2, -0.15) is 0 Å². The summed E-state index contributed by atoms with van der Waals surface area (Å²) in [5.74, 6) is 0.154. The van der Waals surface area contributed by atoms with Gasteiger partial charge in [0.1, 0.15) is 11.8 Å². The average molecular weight is 310 g/mol. The number of nitrogens with one attached hydrogen (secondary N) is 1. The van der Waals surface area contributed by atoms with Gasteiger partial charge in [-0.15, -0.1) is 0 Å². The molecule has 0 radical (unpaired) electrons. The highest BCUT2D eigenvalue weighted by Crippen LogP contribution is 2.22. The number of carbonyl (C=O) groups is 2. The minimum Gasteiger partial charge on any atom is -0.480 e. The van der Waals surface area contributed by atoms with Crippen LogP contribution in [0.1, 0.15) is 59.1 Å². The highest BCUT2D eigenvalue weighted by atomic mass is 16.4. The standard InChI is InChI=1S/C16H26N2O4/c1-10(2)8-11(15(20)21)18-13(19)6-7-14-17-9-12(22-14)16(3,4)5/h9-11H,6-8H2,1-5H3,(H,18,19)(H,20,21)/t11-/m0/s1. The van der Waals surface area contributed by atoms with E-state index in [4.69, 9.17) is 9.52 Å². The molecule has 1 heterocycles. The topological polar surface area (TPSA) is 92.4 Å². The third-order valence-electron chi connectivity index (χ3n) is 3.20. The molecule has 0 bridgehead atoms. The number of rotatable bonds is 7. The lowest BCUT2D eigenvalue weighted by atomic mass is 9.94. The first-order valence-corrected chi connectivity index (χ1v) is 7.57. The van der Waals surface area contributed by atoms with Crippen molar-refractivity contribution in [2.24, 2.45) is 5.92 Å². The summed E-state index contributed by atoms with van der Waals surface area (Å²) in [6, 6.07) is -0.845. The van der Waals surface area contributed by atoms with Gasteiger partial charge in [0.15, 0.2) is 5.89 Å². The third-order valence-corrected chi connectivity index (χ3v) is 3.20. The highest BCUT2D eigenvalue weighted by Gasteiger charge is 2.22. The van der Waals surface area contributed by atoms with Crippen LogP contribution in [0.3, 0.4) is 0 Å². The number of aromatic nitrogens is 1. The van der Waals surface area contributed by atoms with Crippen molar-refractivity contribution >= 4 is 11.9 Å². The molecule has 1 atom stereocenters. The monoisotopic (exact) mass is 310 g/mol. The van der Waals surface area contributed by atoms with Crippen molar-refractivity contribution in [3.8, 4) is 0 Å². The number of carboxylic acids is 1. The molecule has 0 saturated heterocycles. The van der Waals surface area contributed by atoms with Crippen molar-refractivity contribution in [3.05, 3.63) is 17.8 Å². The number of aryl methyl sites for hydroxylation is 1. The maximum Gasteiger partial charge on any atom is 0.326 e. The second-order valence-corrected chi connectivity index (χ2v) is 6.96. The molecule has 6 nitrogen and oxygen atoms in total. The molecule has 0 spiro atoms. The van der Waals surface area contributed by atoms with Gasteiger partial charge in [-0.3, -0.25) is 4.79 Å². The molecule has 0 aliphatic rings. The Morgan fingerprint density at radius 1 is 1.36 bits per heavy atom. The number of nitrogens with zero attached hydrogens (tertiary/aromatic N) is 1. The lowest BCUT2D eigenvalue weighted by Gasteiger charge is -2.16. The molecule has 2 N–H and O–H groups in total. The predicted octanol–water partition coefficient (Wildman–Crippen LogP) is 2.52. The molecule has 22 heavy (non-hydrogen) atoms. The van der Waals surface area contributed by atoms with Crippen LogP contribution in [0.5, 0.6) is 0 Å². The SMILES string of the molecule is CC(C)C[C@H](NC(=O)CCc1ncc(C(C)(C)C)o1)C(=O)O.